The molecule has 1 aliphatic carbocycles. The number of carbonyl (C=O) groups is 1. The second kappa shape index (κ2) is 3.80. The third-order valence-electron chi connectivity index (χ3n) is 2.40. The van der Waals surface area contributed by atoms with E-state index in [1.807, 2.05) is 0 Å². The molecule has 10 heavy (non-hydrogen) atoms. The van der Waals surface area contributed by atoms with Crippen LogP contribution in [-0.2, 0) is 4.79 Å². The summed E-state index contributed by atoms with van der Waals surface area (Å²) in [4.78, 5) is 11.0. The first kappa shape index (κ1) is 8.65. The van der Waals surface area contributed by atoms with Crippen LogP contribution >= 0.6 is 0 Å². The summed E-state index contributed by atoms with van der Waals surface area (Å²) in [5.41, 5.74) is 0. The first-order chi connectivity index (χ1) is 4.72. The van der Waals surface area contributed by atoms with Crippen LogP contribution in [0.5, 0.6) is 0 Å². The standard InChI is InChI=1S/C8H13AtO/c1-6-4-2-3-5-7(6)8(9)10/h6-7H,2-5H2,1H3. The Hall–Kier alpha value is 0.553. The van der Waals surface area contributed by atoms with E-state index in [4.69, 9.17) is 0 Å². The van der Waals surface area contributed by atoms with E-state index in [1.165, 1.54) is 44.0 Å². The maximum atomic E-state index is 11.0. The van der Waals surface area contributed by atoms with Gasteiger partial charge in [0.1, 0.15) is 0 Å². The van der Waals surface area contributed by atoms with E-state index in [1.54, 1.807) is 0 Å². The summed E-state index contributed by atoms with van der Waals surface area (Å²) >= 11 is 1.34. The molecule has 0 bridgehead atoms. The van der Waals surface area contributed by atoms with Gasteiger partial charge in [-0.15, -0.1) is 0 Å². The number of hydrogen-bond donors (Lipinski definition) is 0. The van der Waals surface area contributed by atoms with E-state index in [2.05, 4.69) is 6.92 Å². The van der Waals surface area contributed by atoms with Crippen molar-refractivity contribution in [2.45, 2.75) is 32.6 Å². The van der Waals surface area contributed by atoms with Gasteiger partial charge in [0.15, 0.2) is 0 Å². The van der Waals surface area contributed by atoms with Crippen LogP contribution in [0, 0.1) is 36.6 Å². The predicted molar refractivity (Wildman–Crippen MR) is 36.1 cm³/mol. The molecule has 0 saturated heterocycles. The van der Waals surface area contributed by atoms with Gasteiger partial charge in [0.2, 0.25) is 0 Å². The fourth-order valence-electron chi connectivity index (χ4n) is 1.65. The molecule has 2 unspecified atom stereocenters. The molecule has 1 aliphatic rings. The third kappa shape index (κ3) is 2.02. The Kier molecular flexibility index (Phi) is 3.29. The van der Waals surface area contributed by atoms with E-state index >= 15 is 0 Å². The van der Waals surface area contributed by atoms with Gasteiger partial charge in [0, 0.05) is 0 Å². The molecule has 58 valence electrons. The molecule has 1 nitrogen and oxygen atoms in total. The quantitative estimate of drug-likeness (QED) is 0.715. The molecule has 0 heterocycles. The van der Waals surface area contributed by atoms with E-state index < -0.39 is 0 Å². The van der Waals surface area contributed by atoms with Crippen LogP contribution in [0.1, 0.15) is 32.6 Å². The van der Waals surface area contributed by atoms with E-state index in [9.17, 15) is 4.79 Å². The first-order valence-corrected chi connectivity index (χ1v) is 5.38. The molecular weight excluding hydrogens is 322 g/mol. The van der Waals surface area contributed by atoms with Gasteiger partial charge in [-0.3, -0.25) is 0 Å². The number of carbonyl (C=O) groups excluding carboxylic acids is 1. The zero-order valence-electron chi connectivity index (χ0n) is 6.27. The van der Waals surface area contributed by atoms with Crippen molar-refractivity contribution < 1.29 is 29.5 Å². The van der Waals surface area contributed by atoms with Crippen molar-refractivity contribution in [1.82, 2.24) is 0 Å². The summed E-state index contributed by atoms with van der Waals surface area (Å²) in [7, 11) is 0. The van der Waals surface area contributed by atoms with Crippen molar-refractivity contribution in [2.24, 2.45) is 11.8 Å². The van der Waals surface area contributed by atoms with Crippen LogP contribution in [0.15, 0.2) is 0 Å². The fraction of sp³-hybridized carbons (Fsp3) is 0.875. The first-order valence-electron chi connectivity index (χ1n) is 3.91. The third-order valence-corrected chi connectivity index (χ3v) is 3.49. The Morgan fingerprint density at radius 2 is 2.00 bits per heavy atom. The van der Waals surface area contributed by atoms with Gasteiger partial charge < -0.3 is 0 Å². The normalized spacial score (nSPS) is 33.8. The van der Waals surface area contributed by atoms with Crippen molar-refractivity contribution in [1.29, 1.82) is 0 Å². The molecule has 0 aromatic carbocycles. The summed E-state index contributed by atoms with van der Waals surface area (Å²) in [5.74, 6) is 1.07. The van der Waals surface area contributed by atoms with Gasteiger partial charge in [-0.2, -0.15) is 0 Å². The number of hydrogen-bond acceptors (Lipinski definition) is 1. The molecule has 1 fully saturated rings. The maximum absolute atomic E-state index is 11.0. The number of rotatable bonds is 1. The molecule has 0 aliphatic heterocycles. The Bertz CT molecular complexity index is 133. The van der Waals surface area contributed by atoms with E-state index in [0.717, 1.165) is 6.42 Å². The topological polar surface area (TPSA) is 17.1 Å². The zero-order valence-corrected chi connectivity index (χ0v) is 9.21. The van der Waals surface area contributed by atoms with Gasteiger partial charge in [-0.1, -0.05) is 0 Å². The van der Waals surface area contributed by atoms with Crippen LogP contribution in [-0.4, -0.2) is 3.49 Å². The Labute approximate surface area is 77.4 Å². The molecular formula is C8H13AtO. The SMILES string of the molecule is CC1CCCCC1C(=O)[At]. The summed E-state index contributed by atoms with van der Waals surface area (Å²) in [5, 5.41) is 0. The van der Waals surface area contributed by atoms with Crippen molar-refractivity contribution in [3.63, 3.8) is 0 Å². The monoisotopic (exact) mass is 335 g/mol. The molecule has 0 N–H and O–H groups in total. The molecule has 0 radical (unpaired) electrons. The average molecular weight is 335 g/mol. The van der Waals surface area contributed by atoms with Gasteiger partial charge >= 0.3 is 77.4 Å². The summed E-state index contributed by atoms with van der Waals surface area (Å²) in [6.45, 7) is 2.21. The van der Waals surface area contributed by atoms with Crippen molar-refractivity contribution >= 4 is 3.49 Å². The van der Waals surface area contributed by atoms with Gasteiger partial charge in [-0.05, 0) is 0 Å². The Balaban J connectivity index is 2.47. The molecule has 1 rings (SSSR count). The molecule has 2 atom stereocenters. The molecule has 0 amide bonds. The summed E-state index contributed by atoms with van der Waals surface area (Å²) in [6.07, 6.45) is 5.01. The van der Waals surface area contributed by atoms with Crippen LogP contribution in [0.2, 0.25) is 0 Å². The molecule has 2 heteroatoms. The fourth-order valence-corrected chi connectivity index (χ4v) is 2.91. The Morgan fingerprint density at radius 1 is 1.40 bits per heavy atom. The van der Waals surface area contributed by atoms with Crippen LogP contribution in [0.3, 0.4) is 0 Å². The van der Waals surface area contributed by atoms with Crippen molar-refractivity contribution in [3.8, 4) is 0 Å². The second-order valence-electron chi connectivity index (χ2n) is 3.17. The van der Waals surface area contributed by atoms with Gasteiger partial charge in [-0.25, -0.2) is 0 Å². The second-order valence-corrected chi connectivity index (χ2v) is 4.62. The average Bonchev–Trinajstić information content (AvgIpc) is 1.88. The van der Waals surface area contributed by atoms with Gasteiger partial charge in [0.05, 0.1) is 0 Å². The van der Waals surface area contributed by atoms with Crippen LogP contribution in [0.4, 0.5) is 0 Å². The minimum absolute atomic E-state index is 0.408. The zero-order chi connectivity index (χ0) is 7.56. The van der Waals surface area contributed by atoms with Crippen molar-refractivity contribution in [3.05, 3.63) is 0 Å². The van der Waals surface area contributed by atoms with Gasteiger partial charge in [0.25, 0.3) is 0 Å². The van der Waals surface area contributed by atoms with Crippen molar-refractivity contribution in [2.75, 3.05) is 0 Å². The van der Waals surface area contributed by atoms with E-state index in [-0.39, 0.29) is 0 Å². The van der Waals surface area contributed by atoms with Crippen LogP contribution in [0.25, 0.3) is 0 Å². The Morgan fingerprint density at radius 3 is 2.40 bits per heavy atom. The molecule has 1 saturated carbocycles. The molecule has 0 spiro atoms. The summed E-state index contributed by atoms with van der Waals surface area (Å²) in [6, 6.07) is 0. The van der Waals surface area contributed by atoms with Crippen LogP contribution < -0.4 is 0 Å². The minimum atomic E-state index is 0.408. The molecule has 0 aromatic rings. The van der Waals surface area contributed by atoms with E-state index in [0.29, 0.717) is 15.3 Å². The molecule has 0 aromatic heterocycles. The predicted octanol–water partition coefficient (Wildman–Crippen LogP) is 1.89. The summed E-state index contributed by atoms with van der Waals surface area (Å²) < 4.78 is 0.451.